The van der Waals surface area contributed by atoms with Gasteiger partial charge in [0.15, 0.2) is 0 Å². The predicted octanol–water partition coefficient (Wildman–Crippen LogP) is 6.58. The van der Waals surface area contributed by atoms with Crippen molar-refractivity contribution in [3.63, 3.8) is 0 Å². The summed E-state index contributed by atoms with van der Waals surface area (Å²) in [6.45, 7) is 2.30. The average Bonchev–Trinajstić information content (AvgIpc) is 3.23. The molecule has 3 heteroatoms. The van der Waals surface area contributed by atoms with E-state index in [1.807, 2.05) is 11.3 Å². The molecule has 0 spiro atoms. The van der Waals surface area contributed by atoms with Crippen molar-refractivity contribution in [1.82, 2.24) is 0 Å². The van der Waals surface area contributed by atoms with E-state index in [1.54, 1.807) is 0 Å². The Morgan fingerprint density at radius 1 is 0.893 bits per heavy atom. The highest BCUT2D eigenvalue weighted by Crippen LogP contribution is 2.62. The number of para-hydroxylation sites is 2. The summed E-state index contributed by atoms with van der Waals surface area (Å²) >= 11 is 1.90. The van der Waals surface area contributed by atoms with Crippen molar-refractivity contribution in [3.8, 4) is 0 Å². The van der Waals surface area contributed by atoms with E-state index in [0.717, 1.165) is 5.47 Å². The van der Waals surface area contributed by atoms with E-state index < -0.39 is 0 Å². The van der Waals surface area contributed by atoms with E-state index in [0.29, 0.717) is 0 Å². The summed E-state index contributed by atoms with van der Waals surface area (Å²) in [5, 5.41) is 1.30. The quantitative estimate of drug-likeness (QED) is 0.340. The Hall–Kier alpha value is -2.78. The van der Waals surface area contributed by atoms with Crippen LogP contribution in [0.3, 0.4) is 0 Å². The van der Waals surface area contributed by atoms with Gasteiger partial charge in [-0.15, -0.1) is 16.8 Å². The molecule has 2 unspecified atom stereocenters. The lowest BCUT2D eigenvalue weighted by molar-refractivity contribution is 0.496. The minimum atomic E-state index is -0.250. The number of hydrogen-bond acceptors (Lipinski definition) is 2. The first-order valence-corrected chi connectivity index (χ1v) is 10.4. The number of anilines is 2. The van der Waals surface area contributed by atoms with Gasteiger partial charge in [0.2, 0.25) is 0 Å². The summed E-state index contributed by atoms with van der Waals surface area (Å²) in [5.41, 5.74) is 5.75. The fourth-order valence-corrected chi connectivity index (χ4v) is 6.38. The van der Waals surface area contributed by atoms with Crippen molar-refractivity contribution in [2.45, 2.75) is 18.4 Å². The van der Waals surface area contributed by atoms with Gasteiger partial charge in [0.05, 0.1) is 6.04 Å². The molecule has 0 fully saturated rings. The van der Waals surface area contributed by atoms with Gasteiger partial charge in [0.1, 0.15) is 7.85 Å². The fraction of sp³-hybridized carbons (Fsp3) is 0.120. The van der Waals surface area contributed by atoms with Crippen molar-refractivity contribution in [3.05, 3.63) is 100 Å². The summed E-state index contributed by atoms with van der Waals surface area (Å²) in [6, 6.07) is 28.2. The monoisotopic (exact) mass is 375 g/mol. The fourth-order valence-electron chi connectivity index (χ4n) is 4.98. The van der Waals surface area contributed by atoms with Crippen molar-refractivity contribution >= 4 is 46.7 Å². The molecular weight excluding hydrogens is 357 g/mol. The Kier molecular flexibility index (Phi) is 3.25. The van der Waals surface area contributed by atoms with Gasteiger partial charge in [-0.1, -0.05) is 67.6 Å². The normalized spacial score (nSPS) is 22.5. The molecule has 2 aliphatic rings. The second-order valence-corrected chi connectivity index (χ2v) is 8.89. The minimum absolute atomic E-state index is 0.157. The van der Waals surface area contributed by atoms with Gasteiger partial charge in [-0.05, 0) is 35.4 Å². The largest absolute Gasteiger partial charge is 0.332 e. The second kappa shape index (κ2) is 5.62. The zero-order valence-corrected chi connectivity index (χ0v) is 16.4. The van der Waals surface area contributed by atoms with Gasteiger partial charge in [-0.2, -0.15) is 0 Å². The highest BCUT2D eigenvalue weighted by atomic mass is 32.1. The standard InChI is InChI=1S/C25H18BNS/c1-25-19-12-6-7-13-20(19)27(16-9-3-2-4-10-16)24(25)23-18(15-22(25)26)17-11-5-8-14-21(17)28-23/h2-15,24H,1H3. The molecule has 2 radical (unpaired) electrons. The lowest BCUT2D eigenvalue weighted by atomic mass is 9.61. The summed E-state index contributed by atoms with van der Waals surface area (Å²) in [7, 11) is 6.81. The third kappa shape index (κ3) is 1.92. The molecule has 1 aliphatic carbocycles. The molecular formula is C25H18BNS. The van der Waals surface area contributed by atoms with Crippen LogP contribution in [0.25, 0.3) is 16.2 Å². The minimum Gasteiger partial charge on any atom is -0.332 e. The molecule has 2 heterocycles. The molecule has 0 bridgehead atoms. The molecule has 0 saturated carbocycles. The van der Waals surface area contributed by atoms with Gasteiger partial charge in [0.25, 0.3) is 0 Å². The molecule has 0 N–H and O–H groups in total. The Morgan fingerprint density at radius 2 is 1.61 bits per heavy atom. The first-order valence-electron chi connectivity index (χ1n) is 9.62. The van der Waals surface area contributed by atoms with Gasteiger partial charge in [-0.25, -0.2) is 0 Å². The van der Waals surface area contributed by atoms with Crippen LogP contribution in [0.1, 0.15) is 29.0 Å². The molecule has 0 amide bonds. The summed E-state index contributed by atoms with van der Waals surface area (Å²) in [6.07, 6.45) is 2.22. The highest BCUT2D eigenvalue weighted by molar-refractivity contribution is 7.19. The van der Waals surface area contributed by atoms with Gasteiger partial charge in [0, 0.05) is 31.8 Å². The van der Waals surface area contributed by atoms with Crippen LogP contribution >= 0.6 is 11.3 Å². The van der Waals surface area contributed by atoms with E-state index in [4.69, 9.17) is 7.85 Å². The van der Waals surface area contributed by atoms with Gasteiger partial charge < -0.3 is 4.90 Å². The van der Waals surface area contributed by atoms with Crippen LogP contribution in [-0.2, 0) is 5.41 Å². The molecule has 2 atom stereocenters. The zero-order valence-electron chi connectivity index (χ0n) is 15.6. The third-order valence-corrected chi connectivity index (χ3v) is 7.61. The van der Waals surface area contributed by atoms with E-state index in [2.05, 4.69) is 96.8 Å². The van der Waals surface area contributed by atoms with E-state index in [-0.39, 0.29) is 11.5 Å². The molecule has 28 heavy (non-hydrogen) atoms. The van der Waals surface area contributed by atoms with E-state index in [9.17, 15) is 0 Å². The highest BCUT2D eigenvalue weighted by Gasteiger charge is 2.52. The van der Waals surface area contributed by atoms with E-state index >= 15 is 0 Å². The zero-order chi connectivity index (χ0) is 18.9. The van der Waals surface area contributed by atoms with Crippen LogP contribution in [0.4, 0.5) is 11.4 Å². The van der Waals surface area contributed by atoms with Crippen LogP contribution in [0, 0.1) is 0 Å². The first kappa shape index (κ1) is 16.2. The number of hydrogen-bond donors (Lipinski definition) is 0. The molecule has 132 valence electrons. The number of nitrogens with zero attached hydrogens (tertiary/aromatic N) is 1. The van der Waals surface area contributed by atoms with Crippen LogP contribution in [0.15, 0.2) is 84.3 Å². The average molecular weight is 375 g/mol. The van der Waals surface area contributed by atoms with Gasteiger partial charge in [-0.3, -0.25) is 0 Å². The number of benzene rings is 3. The van der Waals surface area contributed by atoms with Crippen LogP contribution in [0.5, 0.6) is 0 Å². The molecule has 4 aromatic rings. The topological polar surface area (TPSA) is 3.24 Å². The number of thiophene rings is 1. The third-order valence-electron chi connectivity index (χ3n) is 6.37. The van der Waals surface area contributed by atoms with Crippen LogP contribution in [0.2, 0.25) is 0 Å². The molecule has 1 aromatic heterocycles. The second-order valence-electron chi connectivity index (χ2n) is 7.80. The van der Waals surface area contributed by atoms with Crippen molar-refractivity contribution in [2.24, 2.45) is 0 Å². The van der Waals surface area contributed by atoms with E-state index in [1.165, 1.54) is 37.5 Å². The summed E-state index contributed by atoms with van der Waals surface area (Å²) < 4.78 is 1.32. The molecule has 1 aliphatic heterocycles. The molecule has 0 saturated heterocycles. The van der Waals surface area contributed by atoms with Crippen LogP contribution < -0.4 is 4.90 Å². The Morgan fingerprint density at radius 3 is 2.46 bits per heavy atom. The Labute approximate surface area is 170 Å². The Bertz CT molecular complexity index is 1260. The molecule has 6 rings (SSSR count). The Balaban J connectivity index is 1.71. The lowest BCUT2D eigenvalue weighted by Crippen LogP contribution is -2.37. The SMILES string of the molecule is [B]C1=Cc2c(sc3ccccc23)C2N(c3ccccc3)c3ccccc3C12C. The summed E-state index contributed by atoms with van der Waals surface area (Å²) in [4.78, 5) is 3.89. The maximum atomic E-state index is 6.81. The lowest BCUT2D eigenvalue weighted by Gasteiger charge is -2.41. The maximum absolute atomic E-state index is 6.81. The summed E-state index contributed by atoms with van der Waals surface area (Å²) in [5.74, 6) is 0. The van der Waals surface area contributed by atoms with Gasteiger partial charge >= 0.3 is 0 Å². The smallest absolute Gasteiger partial charge is 0.109 e. The number of rotatable bonds is 1. The van der Waals surface area contributed by atoms with Crippen molar-refractivity contribution in [2.75, 3.05) is 4.90 Å². The molecule has 1 nitrogen and oxygen atoms in total. The van der Waals surface area contributed by atoms with Crippen LogP contribution in [-0.4, -0.2) is 7.85 Å². The van der Waals surface area contributed by atoms with Crippen molar-refractivity contribution < 1.29 is 0 Å². The molecule has 3 aromatic carbocycles. The first-order chi connectivity index (χ1) is 13.7. The van der Waals surface area contributed by atoms with Crippen molar-refractivity contribution in [1.29, 1.82) is 0 Å². The predicted molar refractivity (Wildman–Crippen MR) is 121 cm³/mol. The number of fused-ring (bicyclic) bond motifs is 7. The maximum Gasteiger partial charge on any atom is 0.109 e.